The average molecular weight is 328 g/mol. The molecule has 130 valence electrons. The molecule has 24 heavy (non-hydrogen) atoms. The molecule has 2 aromatic rings. The van der Waals surface area contributed by atoms with Gasteiger partial charge in [-0.05, 0) is 26.3 Å². The number of fused-ring (bicyclic) bond motifs is 1. The van der Waals surface area contributed by atoms with Crippen molar-refractivity contribution in [2.24, 2.45) is 7.05 Å². The van der Waals surface area contributed by atoms with Crippen LogP contribution in [0.15, 0.2) is 12.1 Å². The number of aryl methyl sites for hydroxylation is 4. The molecule has 1 atom stereocenters. The van der Waals surface area contributed by atoms with Gasteiger partial charge in [0, 0.05) is 51.3 Å². The van der Waals surface area contributed by atoms with Crippen molar-refractivity contribution in [3.8, 4) is 5.75 Å². The minimum absolute atomic E-state index is 0.321. The fraction of sp³-hybridized carbons (Fsp3) is 0.526. The lowest BCUT2D eigenvalue weighted by atomic mass is 9.95. The molecule has 0 fully saturated rings. The van der Waals surface area contributed by atoms with Gasteiger partial charge in [-0.1, -0.05) is 17.7 Å². The second kappa shape index (κ2) is 6.48. The van der Waals surface area contributed by atoms with Gasteiger partial charge in [0.15, 0.2) is 0 Å². The highest BCUT2D eigenvalue weighted by Gasteiger charge is 2.24. The maximum atomic E-state index is 5.92. The van der Waals surface area contributed by atoms with Crippen LogP contribution in [0.2, 0.25) is 0 Å². The first-order valence-corrected chi connectivity index (χ1v) is 8.55. The van der Waals surface area contributed by atoms with E-state index in [1.165, 1.54) is 22.3 Å². The van der Waals surface area contributed by atoms with Crippen LogP contribution in [-0.4, -0.2) is 30.5 Å². The molecule has 5 nitrogen and oxygen atoms in total. The number of hydrogen-bond acceptors (Lipinski definition) is 4. The van der Waals surface area contributed by atoms with Gasteiger partial charge in [-0.3, -0.25) is 4.68 Å². The van der Waals surface area contributed by atoms with Crippen molar-refractivity contribution in [2.45, 2.75) is 39.8 Å². The lowest BCUT2D eigenvalue weighted by molar-refractivity contribution is 0.250. The molecule has 0 radical (unpaired) electrons. The van der Waals surface area contributed by atoms with Gasteiger partial charge in [0.25, 0.3) is 0 Å². The molecule has 2 heterocycles. The number of benzene rings is 1. The monoisotopic (exact) mass is 328 g/mol. The second-order valence-electron chi connectivity index (χ2n) is 6.98. The summed E-state index contributed by atoms with van der Waals surface area (Å²) < 4.78 is 7.87. The maximum Gasteiger partial charge on any atom is 0.130 e. The van der Waals surface area contributed by atoms with Gasteiger partial charge < -0.3 is 15.0 Å². The molecular weight excluding hydrogens is 300 g/mol. The van der Waals surface area contributed by atoms with Crippen molar-refractivity contribution in [2.75, 3.05) is 25.6 Å². The van der Waals surface area contributed by atoms with E-state index >= 15 is 0 Å². The maximum absolute atomic E-state index is 5.92. The van der Waals surface area contributed by atoms with Crippen LogP contribution in [0.25, 0.3) is 0 Å². The van der Waals surface area contributed by atoms with Crippen LogP contribution < -0.4 is 15.0 Å². The molecule has 0 bridgehead atoms. The molecule has 5 heteroatoms. The van der Waals surface area contributed by atoms with Crippen LogP contribution in [-0.2, 0) is 13.6 Å². The Bertz CT molecular complexity index is 748. The zero-order valence-electron chi connectivity index (χ0n) is 15.6. The molecule has 0 saturated carbocycles. The first kappa shape index (κ1) is 16.8. The van der Waals surface area contributed by atoms with Crippen molar-refractivity contribution >= 4 is 5.82 Å². The molecule has 0 saturated heterocycles. The van der Waals surface area contributed by atoms with E-state index in [1.807, 2.05) is 11.7 Å². The fourth-order valence-corrected chi connectivity index (χ4v) is 3.77. The molecule has 0 amide bonds. The average Bonchev–Trinajstić information content (AvgIpc) is 2.79. The Balaban J connectivity index is 1.85. The number of anilines is 1. The van der Waals surface area contributed by atoms with E-state index in [2.05, 4.69) is 62.3 Å². The molecule has 0 unspecified atom stereocenters. The minimum atomic E-state index is 0.321. The van der Waals surface area contributed by atoms with Gasteiger partial charge in [-0.15, -0.1) is 0 Å². The Morgan fingerprint density at radius 2 is 2.04 bits per heavy atom. The zero-order valence-corrected chi connectivity index (χ0v) is 15.6. The van der Waals surface area contributed by atoms with Gasteiger partial charge in [0.2, 0.25) is 0 Å². The summed E-state index contributed by atoms with van der Waals surface area (Å²) in [7, 11) is 6.13. The standard InChI is InChI=1S/C19H28N4O/c1-12-9-13(2)18-15(10-12)17(7-8-24-18)20-11-16-14(3)21-23(6)19(16)22(4)5/h9-10,17,20H,7-8,11H2,1-6H3/t17-/m1/s1. The second-order valence-corrected chi connectivity index (χ2v) is 6.98. The Morgan fingerprint density at radius 3 is 2.75 bits per heavy atom. The summed E-state index contributed by atoms with van der Waals surface area (Å²) in [4.78, 5) is 2.13. The molecule has 1 aromatic carbocycles. The largest absolute Gasteiger partial charge is 0.493 e. The van der Waals surface area contributed by atoms with Crippen molar-refractivity contribution in [1.82, 2.24) is 15.1 Å². The van der Waals surface area contributed by atoms with Crippen LogP contribution >= 0.6 is 0 Å². The lowest BCUT2D eigenvalue weighted by Crippen LogP contribution is -2.28. The molecule has 1 aromatic heterocycles. The Labute approximate surface area is 144 Å². The van der Waals surface area contributed by atoms with Gasteiger partial charge >= 0.3 is 0 Å². The predicted octanol–water partition coefficient (Wildman–Crippen LogP) is 3.02. The zero-order chi connectivity index (χ0) is 17.4. The predicted molar refractivity (Wildman–Crippen MR) is 97.9 cm³/mol. The van der Waals surface area contributed by atoms with Crippen LogP contribution in [0, 0.1) is 20.8 Å². The van der Waals surface area contributed by atoms with Crippen LogP contribution in [0.5, 0.6) is 5.75 Å². The number of nitrogens with one attached hydrogen (secondary N) is 1. The number of nitrogens with zero attached hydrogens (tertiary/aromatic N) is 3. The quantitative estimate of drug-likeness (QED) is 0.937. The van der Waals surface area contributed by atoms with Gasteiger partial charge in [-0.2, -0.15) is 5.10 Å². The highest BCUT2D eigenvalue weighted by molar-refractivity contribution is 5.50. The first-order chi connectivity index (χ1) is 11.4. The topological polar surface area (TPSA) is 42.3 Å². The van der Waals surface area contributed by atoms with E-state index in [1.54, 1.807) is 0 Å². The Hall–Kier alpha value is -2.01. The van der Waals surface area contributed by atoms with Crippen LogP contribution in [0.1, 0.15) is 40.4 Å². The van der Waals surface area contributed by atoms with E-state index in [0.717, 1.165) is 36.8 Å². The van der Waals surface area contributed by atoms with Crippen molar-refractivity contribution in [1.29, 1.82) is 0 Å². The van der Waals surface area contributed by atoms with Gasteiger partial charge in [0.1, 0.15) is 11.6 Å². The molecule has 1 aliphatic heterocycles. The molecule has 1 N–H and O–H groups in total. The third kappa shape index (κ3) is 3.00. The van der Waals surface area contributed by atoms with Crippen LogP contribution in [0.4, 0.5) is 5.82 Å². The van der Waals surface area contributed by atoms with E-state index < -0.39 is 0 Å². The molecular formula is C19H28N4O. The smallest absolute Gasteiger partial charge is 0.130 e. The van der Waals surface area contributed by atoms with E-state index in [-0.39, 0.29) is 0 Å². The van der Waals surface area contributed by atoms with E-state index in [4.69, 9.17) is 4.74 Å². The third-order valence-electron chi connectivity index (χ3n) is 4.74. The summed E-state index contributed by atoms with van der Waals surface area (Å²) in [6.45, 7) is 7.93. The van der Waals surface area contributed by atoms with Crippen molar-refractivity contribution in [3.05, 3.63) is 40.1 Å². The van der Waals surface area contributed by atoms with Crippen LogP contribution in [0.3, 0.4) is 0 Å². The molecule has 3 rings (SSSR count). The number of hydrogen-bond donors (Lipinski definition) is 1. The highest BCUT2D eigenvalue weighted by atomic mass is 16.5. The summed E-state index contributed by atoms with van der Waals surface area (Å²) in [5, 5.41) is 8.32. The SMILES string of the molecule is Cc1cc(C)c2c(c1)[C@H](NCc1c(C)nn(C)c1N(C)C)CCO2. The summed E-state index contributed by atoms with van der Waals surface area (Å²) in [6, 6.07) is 4.76. The summed E-state index contributed by atoms with van der Waals surface area (Å²) in [6.07, 6.45) is 0.993. The summed E-state index contributed by atoms with van der Waals surface area (Å²) in [5.41, 5.74) is 6.14. The highest BCUT2D eigenvalue weighted by Crippen LogP contribution is 2.36. The molecule has 1 aliphatic rings. The number of aromatic nitrogens is 2. The number of ether oxygens (including phenoxy) is 1. The van der Waals surface area contributed by atoms with E-state index in [0.29, 0.717) is 6.04 Å². The molecule has 0 aliphatic carbocycles. The molecule has 0 spiro atoms. The minimum Gasteiger partial charge on any atom is -0.493 e. The van der Waals surface area contributed by atoms with Gasteiger partial charge in [0.05, 0.1) is 12.3 Å². The Kier molecular flexibility index (Phi) is 4.54. The number of rotatable bonds is 4. The van der Waals surface area contributed by atoms with Crippen molar-refractivity contribution < 1.29 is 4.74 Å². The third-order valence-corrected chi connectivity index (χ3v) is 4.74. The summed E-state index contributed by atoms with van der Waals surface area (Å²) in [5.74, 6) is 2.22. The first-order valence-electron chi connectivity index (χ1n) is 8.55. The fourth-order valence-electron chi connectivity index (χ4n) is 3.77. The normalized spacial score (nSPS) is 16.7. The summed E-state index contributed by atoms with van der Waals surface area (Å²) >= 11 is 0. The Morgan fingerprint density at radius 1 is 1.29 bits per heavy atom. The van der Waals surface area contributed by atoms with Crippen molar-refractivity contribution in [3.63, 3.8) is 0 Å². The van der Waals surface area contributed by atoms with Gasteiger partial charge in [-0.25, -0.2) is 0 Å². The lowest BCUT2D eigenvalue weighted by Gasteiger charge is -2.29. The van der Waals surface area contributed by atoms with E-state index in [9.17, 15) is 0 Å².